The maximum atomic E-state index is 11.2. The second kappa shape index (κ2) is 5.58. The standard InChI is InChI=1S/C12H21N5O3/c1-6-13-9-8(17(19)20)10(15-7-14-9)16-11(2,3)12(4,5)18/h7,18H,6H2,1-5H3,(H2,13,14,15,16). The number of anilines is 2. The van der Waals surface area contributed by atoms with Gasteiger partial charge in [0.15, 0.2) is 0 Å². The first-order chi connectivity index (χ1) is 9.10. The van der Waals surface area contributed by atoms with Crippen molar-refractivity contribution in [2.24, 2.45) is 0 Å². The molecular formula is C12H21N5O3. The van der Waals surface area contributed by atoms with Gasteiger partial charge in [-0.2, -0.15) is 0 Å². The van der Waals surface area contributed by atoms with Crippen LogP contribution in [0.5, 0.6) is 0 Å². The van der Waals surface area contributed by atoms with Crippen molar-refractivity contribution in [2.75, 3.05) is 17.2 Å². The monoisotopic (exact) mass is 283 g/mol. The lowest BCUT2D eigenvalue weighted by Crippen LogP contribution is -2.51. The maximum absolute atomic E-state index is 11.2. The summed E-state index contributed by atoms with van der Waals surface area (Å²) in [5, 5.41) is 27.1. The van der Waals surface area contributed by atoms with E-state index in [0.717, 1.165) is 0 Å². The summed E-state index contributed by atoms with van der Waals surface area (Å²) >= 11 is 0. The van der Waals surface area contributed by atoms with E-state index in [9.17, 15) is 15.2 Å². The first-order valence-electron chi connectivity index (χ1n) is 6.34. The fourth-order valence-corrected chi connectivity index (χ4v) is 1.39. The fraction of sp³-hybridized carbons (Fsp3) is 0.667. The van der Waals surface area contributed by atoms with Crippen molar-refractivity contribution in [3.63, 3.8) is 0 Å². The molecule has 8 heteroatoms. The van der Waals surface area contributed by atoms with E-state index in [1.807, 2.05) is 6.92 Å². The summed E-state index contributed by atoms with van der Waals surface area (Å²) in [4.78, 5) is 18.5. The molecule has 112 valence electrons. The SMILES string of the molecule is CCNc1ncnc(NC(C)(C)C(C)(C)O)c1[N+](=O)[O-]. The summed E-state index contributed by atoms with van der Waals surface area (Å²) in [7, 11) is 0. The molecule has 0 spiro atoms. The topological polar surface area (TPSA) is 113 Å². The van der Waals surface area contributed by atoms with Gasteiger partial charge < -0.3 is 15.7 Å². The first-order valence-corrected chi connectivity index (χ1v) is 6.34. The lowest BCUT2D eigenvalue weighted by molar-refractivity contribution is -0.383. The van der Waals surface area contributed by atoms with Crippen molar-refractivity contribution < 1.29 is 10.0 Å². The average Bonchev–Trinajstić information content (AvgIpc) is 2.27. The van der Waals surface area contributed by atoms with Gasteiger partial charge in [0.2, 0.25) is 11.6 Å². The number of rotatable bonds is 6. The second-order valence-electron chi connectivity index (χ2n) is 5.52. The fourth-order valence-electron chi connectivity index (χ4n) is 1.39. The molecule has 20 heavy (non-hydrogen) atoms. The Kier molecular flexibility index (Phi) is 4.49. The van der Waals surface area contributed by atoms with Crippen LogP contribution in [0.3, 0.4) is 0 Å². The van der Waals surface area contributed by atoms with Crippen LogP contribution in [0.2, 0.25) is 0 Å². The maximum Gasteiger partial charge on any atom is 0.353 e. The highest BCUT2D eigenvalue weighted by atomic mass is 16.6. The van der Waals surface area contributed by atoms with Gasteiger partial charge in [0.05, 0.1) is 16.1 Å². The van der Waals surface area contributed by atoms with Crippen LogP contribution in [0, 0.1) is 10.1 Å². The van der Waals surface area contributed by atoms with Crippen LogP contribution in [0.4, 0.5) is 17.3 Å². The summed E-state index contributed by atoms with van der Waals surface area (Å²) < 4.78 is 0. The Morgan fingerprint density at radius 3 is 2.30 bits per heavy atom. The molecule has 3 N–H and O–H groups in total. The van der Waals surface area contributed by atoms with Crippen molar-refractivity contribution in [2.45, 2.75) is 45.8 Å². The Balaban J connectivity index is 3.25. The van der Waals surface area contributed by atoms with Gasteiger partial charge in [-0.15, -0.1) is 0 Å². The summed E-state index contributed by atoms with van der Waals surface area (Å²) in [6, 6.07) is 0. The molecule has 0 amide bonds. The van der Waals surface area contributed by atoms with E-state index in [0.29, 0.717) is 6.54 Å². The third kappa shape index (κ3) is 3.32. The van der Waals surface area contributed by atoms with Crippen LogP contribution in [0.15, 0.2) is 6.33 Å². The molecule has 0 unspecified atom stereocenters. The zero-order chi connectivity index (χ0) is 15.6. The Hall–Kier alpha value is -1.96. The third-order valence-corrected chi connectivity index (χ3v) is 3.31. The highest BCUT2D eigenvalue weighted by molar-refractivity contribution is 5.69. The molecule has 0 radical (unpaired) electrons. The Morgan fingerprint density at radius 2 is 1.85 bits per heavy atom. The summed E-state index contributed by atoms with van der Waals surface area (Å²) in [5.41, 5.74) is -2.13. The number of aromatic nitrogens is 2. The molecule has 1 rings (SSSR count). The van der Waals surface area contributed by atoms with Gasteiger partial charge in [0.1, 0.15) is 6.33 Å². The van der Waals surface area contributed by atoms with Crippen LogP contribution in [0.25, 0.3) is 0 Å². The summed E-state index contributed by atoms with van der Waals surface area (Å²) in [6.07, 6.45) is 1.24. The second-order valence-corrected chi connectivity index (χ2v) is 5.52. The van der Waals surface area contributed by atoms with Gasteiger partial charge >= 0.3 is 5.69 Å². The zero-order valence-corrected chi connectivity index (χ0v) is 12.4. The molecular weight excluding hydrogens is 262 g/mol. The number of nitrogens with zero attached hydrogens (tertiary/aromatic N) is 3. The molecule has 0 saturated heterocycles. The number of hydrogen-bond donors (Lipinski definition) is 3. The molecule has 1 aromatic heterocycles. The molecule has 0 aromatic carbocycles. The Morgan fingerprint density at radius 1 is 1.30 bits per heavy atom. The van der Waals surface area contributed by atoms with Gasteiger partial charge in [-0.1, -0.05) is 0 Å². The molecule has 0 aliphatic heterocycles. The number of nitro groups is 1. The minimum Gasteiger partial charge on any atom is -0.388 e. The van der Waals surface area contributed by atoms with E-state index in [4.69, 9.17) is 0 Å². The van der Waals surface area contributed by atoms with E-state index in [1.54, 1.807) is 27.7 Å². The molecule has 1 aromatic rings. The van der Waals surface area contributed by atoms with Gasteiger partial charge in [-0.3, -0.25) is 10.1 Å². The van der Waals surface area contributed by atoms with Crippen LogP contribution < -0.4 is 10.6 Å². The molecule has 0 bridgehead atoms. The van der Waals surface area contributed by atoms with Crippen LogP contribution in [-0.4, -0.2) is 37.7 Å². The molecule has 1 heterocycles. The summed E-state index contributed by atoms with van der Waals surface area (Å²) in [5.74, 6) is 0.231. The molecule has 0 fully saturated rings. The molecule has 0 atom stereocenters. The predicted molar refractivity (Wildman–Crippen MR) is 76.8 cm³/mol. The first kappa shape index (κ1) is 16.1. The molecule has 0 aliphatic rings. The zero-order valence-electron chi connectivity index (χ0n) is 12.4. The van der Waals surface area contributed by atoms with E-state index in [-0.39, 0.29) is 17.3 Å². The largest absolute Gasteiger partial charge is 0.388 e. The highest BCUT2D eigenvalue weighted by Crippen LogP contribution is 2.33. The minimum atomic E-state index is -1.09. The van der Waals surface area contributed by atoms with Crippen molar-refractivity contribution in [1.82, 2.24) is 9.97 Å². The highest BCUT2D eigenvalue weighted by Gasteiger charge is 2.37. The smallest absolute Gasteiger partial charge is 0.353 e. The van der Waals surface area contributed by atoms with Gasteiger partial charge in [-0.25, -0.2) is 9.97 Å². The van der Waals surface area contributed by atoms with Crippen molar-refractivity contribution in [3.05, 3.63) is 16.4 Å². The lowest BCUT2D eigenvalue weighted by Gasteiger charge is -2.38. The quantitative estimate of drug-likeness (QED) is 0.538. The van der Waals surface area contributed by atoms with Crippen molar-refractivity contribution >= 4 is 17.3 Å². The number of nitrogens with one attached hydrogen (secondary N) is 2. The average molecular weight is 283 g/mol. The van der Waals surface area contributed by atoms with Gasteiger partial charge in [-0.05, 0) is 34.6 Å². The van der Waals surface area contributed by atoms with Crippen LogP contribution in [0.1, 0.15) is 34.6 Å². The number of hydrogen-bond acceptors (Lipinski definition) is 7. The van der Waals surface area contributed by atoms with E-state index in [1.165, 1.54) is 6.33 Å². The van der Waals surface area contributed by atoms with Crippen molar-refractivity contribution in [1.29, 1.82) is 0 Å². The Bertz CT molecular complexity index is 496. The third-order valence-electron chi connectivity index (χ3n) is 3.31. The van der Waals surface area contributed by atoms with E-state index >= 15 is 0 Å². The molecule has 0 aliphatic carbocycles. The summed E-state index contributed by atoms with van der Waals surface area (Å²) in [6.45, 7) is 9.06. The van der Waals surface area contributed by atoms with E-state index in [2.05, 4.69) is 20.6 Å². The van der Waals surface area contributed by atoms with E-state index < -0.39 is 16.1 Å². The van der Waals surface area contributed by atoms with Crippen molar-refractivity contribution in [3.8, 4) is 0 Å². The predicted octanol–water partition coefficient (Wildman–Crippen LogP) is 1.78. The normalized spacial score (nSPS) is 12.1. The van der Waals surface area contributed by atoms with Crippen LogP contribution >= 0.6 is 0 Å². The van der Waals surface area contributed by atoms with Gasteiger partial charge in [0, 0.05) is 6.54 Å². The Labute approximate surface area is 117 Å². The van der Waals surface area contributed by atoms with Crippen LogP contribution in [-0.2, 0) is 0 Å². The molecule has 8 nitrogen and oxygen atoms in total. The minimum absolute atomic E-state index is 0.0769. The number of aliphatic hydroxyl groups is 1. The molecule has 0 saturated carbocycles. The lowest BCUT2D eigenvalue weighted by atomic mass is 9.86. The van der Waals surface area contributed by atoms with Gasteiger partial charge in [0.25, 0.3) is 0 Å².